The van der Waals surface area contributed by atoms with E-state index in [1.807, 2.05) is 12.2 Å². The molecule has 1 heterocycles. The Morgan fingerprint density at radius 3 is 2.25 bits per heavy atom. The van der Waals surface area contributed by atoms with Gasteiger partial charge in [-0.15, -0.1) is 0 Å². The van der Waals surface area contributed by atoms with Gasteiger partial charge in [-0.05, 0) is 31.0 Å². The summed E-state index contributed by atoms with van der Waals surface area (Å²) in [6.07, 6.45) is 4.95. The highest BCUT2D eigenvalue weighted by Crippen LogP contribution is 2.35. The fourth-order valence-corrected chi connectivity index (χ4v) is 3.29. The first kappa shape index (κ1) is 16.2. The summed E-state index contributed by atoms with van der Waals surface area (Å²) < 4.78 is 10.3. The molecule has 126 valence electrons. The van der Waals surface area contributed by atoms with E-state index in [4.69, 9.17) is 9.47 Å². The first-order valence-corrected chi connectivity index (χ1v) is 7.82. The zero-order valence-electron chi connectivity index (χ0n) is 13.7. The van der Waals surface area contributed by atoms with E-state index in [1.54, 1.807) is 18.2 Å². The number of imide groups is 1. The molecule has 0 radical (unpaired) electrons. The Balaban J connectivity index is 1.83. The Kier molecular flexibility index (Phi) is 4.38. The molecule has 0 unspecified atom stereocenters. The molecule has 6 nitrogen and oxygen atoms in total. The number of rotatable bonds is 5. The first-order chi connectivity index (χ1) is 11.6. The van der Waals surface area contributed by atoms with Gasteiger partial charge in [0.2, 0.25) is 11.8 Å². The summed E-state index contributed by atoms with van der Waals surface area (Å²) in [6.45, 7) is -0.270. The van der Waals surface area contributed by atoms with Crippen LogP contribution in [0.25, 0.3) is 0 Å². The summed E-state index contributed by atoms with van der Waals surface area (Å²) in [5.74, 6) is -0.631. The molecule has 1 aromatic carbocycles. The van der Waals surface area contributed by atoms with Crippen molar-refractivity contribution < 1.29 is 23.9 Å². The minimum absolute atomic E-state index is 0.260. The lowest BCUT2D eigenvalue weighted by atomic mass is 9.85. The van der Waals surface area contributed by atoms with Crippen molar-refractivity contribution in [2.75, 3.05) is 20.8 Å². The van der Waals surface area contributed by atoms with Gasteiger partial charge < -0.3 is 9.47 Å². The van der Waals surface area contributed by atoms with Crippen molar-refractivity contribution in [1.29, 1.82) is 0 Å². The molecule has 2 amide bonds. The topological polar surface area (TPSA) is 72.9 Å². The number of methoxy groups -OCH3 is 2. The van der Waals surface area contributed by atoms with E-state index < -0.39 is 0 Å². The number of hydrogen-bond acceptors (Lipinski definition) is 5. The van der Waals surface area contributed by atoms with E-state index in [0.29, 0.717) is 29.9 Å². The van der Waals surface area contributed by atoms with Gasteiger partial charge >= 0.3 is 0 Å². The molecule has 0 aromatic heterocycles. The highest BCUT2D eigenvalue weighted by atomic mass is 16.5. The largest absolute Gasteiger partial charge is 0.497 e. The molecule has 1 saturated heterocycles. The van der Waals surface area contributed by atoms with E-state index in [1.165, 1.54) is 14.2 Å². The van der Waals surface area contributed by atoms with Crippen LogP contribution in [0.2, 0.25) is 0 Å². The van der Waals surface area contributed by atoms with Crippen LogP contribution < -0.4 is 9.47 Å². The molecule has 0 saturated carbocycles. The maximum atomic E-state index is 12.6. The summed E-state index contributed by atoms with van der Waals surface area (Å²) in [6, 6.07) is 4.87. The fourth-order valence-electron chi connectivity index (χ4n) is 3.29. The quantitative estimate of drug-likeness (QED) is 0.468. The van der Waals surface area contributed by atoms with E-state index >= 15 is 0 Å². The Morgan fingerprint density at radius 2 is 1.71 bits per heavy atom. The summed E-state index contributed by atoms with van der Waals surface area (Å²) in [7, 11) is 2.96. The number of fused-ring (bicyclic) bond motifs is 1. The van der Waals surface area contributed by atoms with Crippen molar-refractivity contribution >= 4 is 17.6 Å². The summed E-state index contributed by atoms with van der Waals surface area (Å²) in [4.78, 5) is 38.7. The van der Waals surface area contributed by atoms with Crippen LogP contribution in [0.1, 0.15) is 23.2 Å². The molecular weight excluding hydrogens is 310 g/mol. The van der Waals surface area contributed by atoms with Gasteiger partial charge in [-0.3, -0.25) is 19.3 Å². The third-order valence-electron chi connectivity index (χ3n) is 4.61. The Morgan fingerprint density at radius 1 is 1.08 bits per heavy atom. The molecule has 1 fully saturated rings. The number of benzene rings is 1. The fraction of sp³-hybridized carbons (Fsp3) is 0.389. The third-order valence-corrected chi connectivity index (χ3v) is 4.61. The number of carbonyl (C=O) groups excluding carboxylic acids is 3. The molecule has 2 aliphatic rings. The second-order valence-electron chi connectivity index (χ2n) is 5.91. The van der Waals surface area contributed by atoms with Crippen LogP contribution >= 0.6 is 0 Å². The summed E-state index contributed by atoms with van der Waals surface area (Å²) in [5.41, 5.74) is 0.297. The number of nitrogens with zero attached hydrogens (tertiary/aromatic N) is 1. The number of hydrogen-bond donors (Lipinski definition) is 0. The summed E-state index contributed by atoms with van der Waals surface area (Å²) >= 11 is 0. The van der Waals surface area contributed by atoms with Crippen LogP contribution in [0.4, 0.5) is 0 Å². The zero-order chi connectivity index (χ0) is 17.3. The van der Waals surface area contributed by atoms with Gasteiger partial charge in [0.05, 0.1) is 38.2 Å². The van der Waals surface area contributed by atoms with E-state index in [9.17, 15) is 14.4 Å². The number of allylic oxidation sites excluding steroid dienone is 2. The maximum Gasteiger partial charge on any atom is 0.233 e. The number of ketones is 1. The van der Waals surface area contributed by atoms with Crippen molar-refractivity contribution in [3.8, 4) is 11.5 Å². The minimum Gasteiger partial charge on any atom is -0.497 e. The van der Waals surface area contributed by atoms with Gasteiger partial charge in [-0.25, -0.2) is 0 Å². The Bertz CT molecular complexity index is 698. The average molecular weight is 329 g/mol. The van der Waals surface area contributed by atoms with E-state index in [-0.39, 0.29) is 36.0 Å². The molecule has 0 bridgehead atoms. The van der Waals surface area contributed by atoms with Gasteiger partial charge in [-0.1, -0.05) is 12.2 Å². The van der Waals surface area contributed by atoms with Crippen LogP contribution in [0.15, 0.2) is 30.4 Å². The lowest BCUT2D eigenvalue weighted by Gasteiger charge is -2.15. The maximum absolute atomic E-state index is 12.6. The van der Waals surface area contributed by atoms with Gasteiger partial charge in [-0.2, -0.15) is 0 Å². The second kappa shape index (κ2) is 6.47. The lowest BCUT2D eigenvalue weighted by Crippen LogP contribution is -2.36. The van der Waals surface area contributed by atoms with Crippen molar-refractivity contribution in [2.24, 2.45) is 11.8 Å². The molecule has 1 aliphatic heterocycles. The smallest absolute Gasteiger partial charge is 0.233 e. The molecule has 3 rings (SSSR count). The third kappa shape index (κ3) is 2.68. The van der Waals surface area contributed by atoms with Gasteiger partial charge in [0.1, 0.15) is 11.5 Å². The van der Waals surface area contributed by atoms with E-state index in [2.05, 4.69) is 0 Å². The highest BCUT2D eigenvalue weighted by Gasteiger charge is 2.47. The van der Waals surface area contributed by atoms with Crippen LogP contribution in [-0.2, 0) is 9.59 Å². The zero-order valence-corrected chi connectivity index (χ0v) is 13.7. The van der Waals surface area contributed by atoms with Crippen LogP contribution in [-0.4, -0.2) is 43.3 Å². The highest BCUT2D eigenvalue weighted by molar-refractivity contribution is 6.10. The van der Waals surface area contributed by atoms with E-state index in [0.717, 1.165) is 4.90 Å². The van der Waals surface area contributed by atoms with Gasteiger partial charge in [0, 0.05) is 0 Å². The Hall–Kier alpha value is -2.63. The standard InChI is InChI=1S/C18H19NO5/c1-23-11-7-8-16(24-2)14(9-11)15(20)10-19-17(21)12-5-3-4-6-13(12)18(19)22/h3-4,7-9,12-13H,5-6,10H2,1-2H3/t12-,13-/m0/s1. The molecule has 2 atom stereocenters. The van der Waals surface area contributed by atoms with Crippen molar-refractivity contribution in [2.45, 2.75) is 12.8 Å². The van der Waals surface area contributed by atoms with Gasteiger partial charge in [0.15, 0.2) is 5.78 Å². The molecule has 0 spiro atoms. The number of ether oxygens (including phenoxy) is 2. The molecule has 6 heteroatoms. The summed E-state index contributed by atoms with van der Waals surface area (Å²) in [5, 5.41) is 0. The van der Waals surface area contributed by atoms with Crippen molar-refractivity contribution in [3.63, 3.8) is 0 Å². The van der Waals surface area contributed by atoms with Crippen molar-refractivity contribution in [3.05, 3.63) is 35.9 Å². The minimum atomic E-state index is -0.348. The normalized spacial score (nSPS) is 22.5. The van der Waals surface area contributed by atoms with Crippen LogP contribution in [0.3, 0.4) is 0 Å². The number of likely N-dealkylation sites (tertiary alicyclic amines) is 1. The molecule has 0 N–H and O–H groups in total. The van der Waals surface area contributed by atoms with Crippen molar-refractivity contribution in [1.82, 2.24) is 4.90 Å². The van der Waals surface area contributed by atoms with Crippen LogP contribution in [0, 0.1) is 11.8 Å². The SMILES string of the molecule is COc1ccc(OC)c(C(=O)CN2C(=O)[C@H]3CC=CC[C@@H]3C2=O)c1. The average Bonchev–Trinajstić information content (AvgIpc) is 2.86. The number of amides is 2. The molecule has 1 aliphatic carbocycles. The van der Waals surface area contributed by atoms with Crippen LogP contribution in [0.5, 0.6) is 11.5 Å². The molecular formula is C18H19NO5. The monoisotopic (exact) mass is 329 g/mol. The van der Waals surface area contributed by atoms with Gasteiger partial charge in [0.25, 0.3) is 0 Å². The Labute approximate surface area is 140 Å². The molecule has 1 aromatic rings. The predicted octanol–water partition coefficient (Wildman–Crippen LogP) is 1.84. The second-order valence-corrected chi connectivity index (χ2v) is 5.91. The molecule has 24 heavy (non-hydrogen) atoms. The number of carbonyl (C=O) groups is 3. The lowest BCUT2D eigenvalue weighted by molar-refractivity contribution is -0.139. The number of Topliss-reactive ketones (excluding diaryl/α,β-unsaturated/α-hetero) is 1. The first-order valence-electron chi connectivity index (χ1n) is 7.82. The predicted molar refractivity (Wildman–Crippen MR) is 86.0 cm³/mol.